The van der Waals surface area contributed by atoms with Crippen LogP contribution in [0.15, 0.2) is 36.5 Å². The Kier molecular flexibility index (Phi) is 4.81. The molecule has 1 aromatic heterocycles. The minimum absolute atomic E-state index is 0.0523. The highest BCUT2D eigenvalue weighted by Crippen LogP contribution is 2.29. The van der Waals surface area contributed by atoms with Gasteiger partial charge in [-0.3, -0.25) is 9.58 Å². The smallest absolute Gasteiger partial charge is 0.0967 e. The third-order valence-corrected chi connectivity index (χ3v) is 4.74. The summed E-state index contributed by atoms with van der Waals surface area (Å²) in [4.78, 5) is 2.48. The fourth-order valence-electron chi connectivity index (χ4n) is 2.95. The molecule has 0 N–H and O–H groups in total. The van der Waals surface area contributed by atoms with E-state index in [1.807, 2.05) is 36.1 Å². The van der Waals surface area contributed by atoms with E-state index in [0.717, 1.165) is 36.7 Å². The Hall–Kier alpha value is -1.36. The Balaban J connectivity index is 1.66. The van der Waals surface area contributed by atoms with Crippen molar-refractivity contribution in [2.75, 3.05) is 19.7 Å². The van der Waals surface area contributed by atoms with Crippen molar-refractivity contribution in [3.8, 4) is 0 Å². The lowest BCUT2D eigenvalue weighted by molar-refractivity contribution is -0.0595. The molecule has 118 valence electrons. The van der Waals surface area contributed by atoms with Crippen LogP contribution in [0.4, 0.5) is 0 Å². The van der Waals surface area contributed by atoms with Gasteiger partial charge in [-0.1, -0.05) is 29.8 Å². The molecule has 1 aromatic carbocycles. The van der Waals surface area contributed by atoms with Gasteiger partial charge in [0.25, 0.3) is 0 Å². The van der Waals surface area contributed by atoms with Crippen molar-refractivity contribution in [1.82, 2.24) is 14.7 Å². The van der Waals surface area contributed by atoms with Crippen LogP contribution in [0, 0.1) is 0 Å². The van der Waals surface area contributed by atoms with Gasteiger partial charge in [-0.2, -0.15) is 5.10 Å². The van der Waals surface area contributed by atoms with Crippen molar-refractivity contribution in [2.24, 2.45) is 7.05 Å². The van der Waals surface area contributed by atoms with Crippen LogP contribution >= 0.6 is 11.6 Å². The number of aryl methyl sites for hydroxylation is 1. The molecule has 2 heterocycles. The normalized spacial score (nSPS) is 22.9. The standard InChI is InChI=1S/C17H22ClN3O/c1-13-12-22-17(15-5-3-4-6-16(15)18)11-21(13)10-8-14-7-9-19-20(14)2/h3-7,9,13,17H,8,10-12H2,1-2H3. The summed E-state index contributed by atoms with van der Waals surface area (Å²) in [5.41, 5.74) is 2.34. The number of hydrogen-bond acceptors (Lipinski definition) is 3. The number of benzene rings is 1. The van der Waals surface area contributed by atoms with Gasteiger partial charge < -0.3 is 4.74 Å². The number of morpholine rings is 1. The summed E-state index contributed by atoms with van der Waals surface area (Å²) in [6.45, 7) is 4.83. The van der Waals surface area contributed by atoms with E-state index in [9.17, 15) is 0 Å². The molecule has 5 heteroatoms. The van der Waals surface area contributed by atoms with Crippen LogP contribution in [0.2, 0.25) is 5.02 Å². The number of ether oxygens (including phenoxy) is 1. The van der Waals surface area contributed by atoms with Crippen LogP contribution in [0.1, 0.15) is 24.3 Å². The molecule has 1 saturated heterocycles. The molecule has 1 aliphatic rings. The van der Waals surface area contributed by atoms with Gasteiger partial charge in [-0.05, 0) is 19.1 Å². The first-order valence-corrected chi connectivity index (χ1v) is 8.10. The number of halogens is 1. The Labute approximate surface area is 136 Å². The topological polar surface area (TPSA) is 30.3 Å². The van der Waals surface area contributed by atoms with Crippen molar-refractivity contribution < 1.29 is 4.74 Å². The Morgan fingerprint density at radius 1 is 1.32 bits per heavy atom. The SMILES string of the molecule is CC1COC(c2ccccc2Cl)CN1CCc1ccnn1C. The largest absolute Gasteiger partial charge is 0.371 e. The number of rotatable bonds is 4. The van der Waals surface area contributed by atoms with E-state index in [1.165, 1.54) is 5.69 Å². The predicted molar refractivity (Wildman–Crippen MR) is 88.1 cm³/mol. The Morgan fingerprint density at radius 3 is 2.86 bits per heavy atom. The summed E-state index contributed by atoms with van der Waals surface area (Å²) in [7, 11) is 1.99. The van der Waals surface area contributed by atoms with E-state index in [-0.39, 0.29) is 6.10 Å². The minimum atomic E-state index is 0.0523. The Morgan fingerprint density at radius 2 is 2.14 bits per heavy atom. The molecule has 0 saturated carbocycles. The molecule has 0 amide bonds. The zero-order valence-corrected chi connectivity index (χ0v) is 13.8. The van der Waals surface area contributed by atoms with E-state index < -0.39 is 0 Å². The van der Waals surface area contributed by atoms with Crippen LogP contribution in [-0.2, 0) is 18.2 Å². The van der Waals surface area contributed by atoms with Gasteiger partial charge in [0.2, 0.25) is 0 Å². The molecule has 4 nitrogen and oxygen atoms in total. The molecule has 3 rings (SSSR count). The second-order valence-corrected chi connectivity index (χ2v) is 6.29. The molecule has 0 bridgehead atoms. The molecule has 0 spiro atoms. The van der Waals surface area contributed by atoms with Crippen LogP contribution in [-0.4, -0.2) is 40.4 Å². The average molecular weight is 320 g/mol. The van der Waals surface area contributed by atoms with E-state index >= 15 is 0 Å². The van der Waals surface area contributed by atoms with Crippen molar-refractivity contribution in [3.63, 3.8) is 0 Å². The van der Waals surface area contributed by atoms with E-state index in [2.05, 4.69) is 29.1 Å². The first-order valence-electron chi connectivity index (χ1n) is 7.72. The highest BCUT2D eigenvalue weighted by atomic mass is 35.5. The van der Waals surface area contributed by atoms with Crippen molar-refractivity contribution in [1.29, 1.82) is 0 Å². The second kappa shape index (κ2) is 6.82. The lowest BCUT2D eigenvalue weighted by Gasteiger charge is -2.38. The summed E-state index contributed by atoms with van der Waals surface area (Å²) in [6, 6.07) is 10.5. The first kappa shape index (κ1) is 15.5. The predicted octanol–water partition coefficient (Wildman–Crippen LogP) is 3.08. The maximum atomic E-state index is 6.31. The van der Waals surface area contributed by atoms with Gasteiger partial charge in [0, 0.05) is 55.1 Å². The lowest BCUT2D eigenvalue weighted by Crippen LogP contribution is -2.46. The third kappa shape index (κ3) is 3.35. The molecule has 2 atom stereocenters. The molecular formula is C17H22ClN3O. The summed E-state index contributed by atoms with van der Waals surface area (Å²) < 4.78 is 7.95. The summed E-state index contributed by atoms with van der Waals surface area (Å²) >= 11 is 6.31. The molecule has 0 aliphatic carbocycles. The minimum Gasteiger partial charge on any atom is -0.371 e. The summed E-state index contributed by atoms with van der Waals surface area (Å²) in [6.07, 6.45) is 2.90. The monoisotopic (exact) mass is 319 g/mol. The maximum absolute atomic E-state index is 6.31. The van der Waals surface area contributed by atoms with E-state index in [4.69, 9.17) is 16.3 Å². The third-order valence-electron chi connectivity index (χ3n) is 4.39. The second-order valence-electron chi connectivity index (χ2n) is 5.88. The van der Waals surface area contributed by atoms with Crippen molar-refractivity contribution >= 4 is 11.6 Å². The molecule has 1 aliphatic heterocycles. The fourth-order valence-corrected chi connectivity index (χ4v) is 3.20. The summed E-state index contributed by atoms with van der Waals surface area (Å²) in [5.74, 6) is 0. The van der Waals surface area contributed by atoms with Gasteiger partial charge in [0.1, 0.15) is 0 Å². The molecule has 2 aromatic rings. The highest BCUT2D eigenvalue weighted by Gasteiger charge is 2.28. The van der Waals surface area contributed by atoms with Gasteiger partial charge in [0.05, 0.1) is 12.7 Å². The van der Waals surface area contributed by atoms with Crippen LogP contribution in [0.3, 0.4) is 0 Å². The molecule has 1 fully saturated rings. The van der Waals surface area contributed by atoms with Gasteiger partial charge >= 0.3 is 0 Å². The Bertz CT molecular complexity index is 628. The van der Waals surface area contributed by atoms with Crippen LogP contribution in [0.25, 0.3) is 0 Å². The maximum Gasteiger partial charge on any atom is 0.0967 e. The molecular weight excluding hydrogens is 298 g/mol. The molecule has 0 radical (unpaired) electrons. The fraction of sp³-hybridized carbons (Fsp3) is 0.471. The number of nitrogens with zero attached hydrogens (tertiary/aromatic N) is 3. The van der Waals surface area contributed by atoms with E-state index in [0.29, 0.717) is 6.04 Å². The number of aromatic nitrogens is 2. The van der Waals surface area contributed by atoms with Gasteiger partial charge in [-0.15, -0.1) is 0 Å². The quantitative estimate of drug-likeness (QED) is 0.867. The zero-order chi connectivity index (χ0) is 15.5. The zero-order valence-electron chi connectivity index (χ0n) is 13.1. The highest BCUT2D eigenvalue weighted by molar-refractivity contribution is 6.31. The van der Waals surface area contributed by atoms with Crippen LogP contribution < -0.4 is 0 Å². The van der Waals surface area contributed by atoms with Gasteiger partial charge in [-0.25, -0.2) is 0 Å². The summed E-state index contributed by atoms with van der Waals surface area (Å²) in [5, 5.41) is 5.02. The molecule has 22 heavy (non-hydrogen) atoms. The van der Waals surface area contributed by atoms with Crippen molar-refractivity contribution in [3.05, 3.63) is 52.8 Å². The van der Waals surface area contributed by atoms with E-state index in [1.54, 1.807) is 0 Å². The van der Waals surface area contributed by atoms with Crippen molar-refractivity contribution in [2.45, 2.75) is 25.5 Å². The molecule has 2 unspecified atom stereocenters. The van der Waals surface area contributed by atoms with Gasteiger partial charge in [0.15, 0.2) is 0 Å². The number of hydrogen-bond donors (Lipinski definition) is 0. The van der Waals surface area contributed by atoms with Crippen LogP contribution in [0.5, 0.6) is 0 Å². The first-order chi connectivity index (χ1) is 10.6. The average Bonchev–Trinajstić information content (AvgIpc) is 2.92. The lowest BCUT2D eigenvalue weighted by atomic mass is 10.1.